The van der Waals surface area contributed by atoms with Gasteiger partial charge < -0.3 is 4.79 Å². The van der Waals surface area contributed by atoms with Crippen molar-refractivity contribution in [2.45, 2.75) is 43.2 Å². The van der Waals surface area contributed by atoms with Crippen LogP contribution in [0.4, 0.5) is 0 Å². The molecule has 4 nitrogen and oxygen atoms in total. The van der Waals surface area contributed by atoms with Crippen LogP contribution in [0.15, 0.2) is 59.5 Å². The summed E-state index contributed by atoms with van der Waals surface area (Å²) in [5, 5.41) is 0. The summed E-state index contributed by atoms with van der Waals surface area (Å²) < 4.78 is 28.0. The summed E-state index contributed by atoms with van der Waals surface area (Å²) in [6.45, 7) is 1.92. The minimum Gasteiger partial charge on any atom is -0.303 e. The third kappa shape index (κ3) is 3.14. The van der Waals surface area contributed by atoms with Crippen LogP contribution in [-0.2, 0) is 14.8 Å². The number of aryl methyl sites for hydroxylation is 1. The fraction of sp³-hybridized carbons (Fsp3) is 0.316. The maximum atomic E-state index is 13.2. The van der Waals surface area contributed by atoms with Crippen molar-refractivity contribution < 1.29 is 13.2 Å². The van der Waals surface area contributed by atoms with E-state index in [4.69, 9.17) is 0 Å². The topological polar surface area (TPSA) is 54.5 Å². The highest BCUT2D eigenvalue weighted by Gasteiger charge is 2.42. The Hall–Kier alpha value is -1.98. The van der Waals surface area contributed by atoms with Gasteiger partial charge >= 0.3 is 0 Å². The molecule has 0 aromatic heterocycles. The molecule has 2 aromatic rings. The van der Waals surface area contributed by atoms with Crippen LogP contribution in [0.1, 0.15) is 36.4 Å². The van der Waals surface area contributed by atoms with E-state index in [2.05, 4.69) is 0 Å². The number of hydrogen-bond acceptors (Lipinski definition) is 3. The Morgan fingerprint density at radius 3 is 2.33 bits per heavy atom. The number of hydrogen-bond donors (Lipinski definition) is 0. The molecule has 1 aliphatic rings. The molecule has 3 rings (SSSR count). The normalized spacial score (nSPS) is 21.7. The van der Waals surface area contributed by atoms with Gasteiger partial charge in [0.25, 0.3) is 0 Å². The largest absolute Gasteiger partial charge is 0.303 e. The Balaban J connectivity index is 2.04. The van der Waals surface area contributed by atoms with Crippen molar-refractivity contribution in [1.82, 2.24) is 4.31 Å². The number of sulfonamides is 1. The predicted octanol–water partition coefficient (Wildman–Crippen LogP) is 3.48. The lowest BCUT2D eigenvalue weighted by molar-refractivity contribution is -0.108. The predicted molar refractivity (Wildman–Crippen MR) is 93.1 cm³/mol. The zero-order valence-electron chi connectivity index (χ0n) is 13.6. The van der Waals surface area contributed by atoms with Crippen molar-refractivity contribution in [2.24, 2.45) is 0 Å². The molecule has 2 aromatic carbocycles. The zero-order valence-corrected chi connectivity index (χ0v) is 14.4. The maximum absolute atomic E-state index is 13.2. The smallest absolute Gasteiger partial charge is 0.243 e. The molecule has 1 heterocycles. The van der Waals surface area contributed by atoms with Crippen LogP contribution in [-0.4, -0.2) is 25.1 Å². The lowest BCUT2D eigenvalue weighted by Crippen LogP contribution is -2.37. The molecule has 1 fully saturated rings. The van der Waals surface area contributed by atoms with Crippen molar-refractivity contribution in [1.29, 1.82) is 0 Å². The van der Waals surface area contributed by atoms with E-state index in [0.29, 0.717) is 6.42 Å². The van der Waals surface area contributed by atoms with Crippen LogP contribution in [0.5, 0.6) is 0 Å². The molecule has 24 heavy (non-hydrogen) atoms. The third-order valence-corrected chi connectivity index (χ3v) is 6.57. The second-order valence-corrected chi connectivity index (χ2v) is 8.05. The lowest BCUT2D eigenvalue weighted by Gasteiger charge is -2.29. The van der Waals surface area contributed by atoms with Crippen LogP contribution in [0.25, 0.3) is 0 Å². The molecule has 0 amide bonds. The Labute approximate surface area is 143 Å². The average molecular weight is 343 g/mol. The Kier molecular flexibility index (Phi) is 4.83. The van der Waals surface area contributed by atoms with Gasteiger partial charge in [-0.2, -0.15) is 4.31 Å². The highest BCUT2D eigenvalue weighted by molar-refractivity contribution is 7.89. The van der Waals surface area contributed by atoms with Gasteiger partial charge in [-0.1, -0.05) is 48.0 Å². The summed E-state index contributed by atoms with van der Waals surface area (Å²) in [6.07, 6.45) is 2.47. The molecular formula is C19H21NO3S. The summed E-state index contributed by atoms with van der Waals surface area (Å²) in [7, 11) is -3.65. The molecule has 0 N–H and O–H groups in total. The lowest BCUT2D eigenvalue weighted by atomic mass is 10.1. The average Bonchev–Trinajstić information content (AvgIpc) is 3.01. The zero-order chi connectivity index (χ0) is 17.2. The fourth-order valence-corrected chi connectivity index (χ4v) is 5.25. The maximum Gasteiger partial charge on any atom is 0.243 e. The van der Waals surface area contributed by atoms with Crippen molar-refractivity contribution >= 4 is 16.3 Å². The van der Waals surface area contributed by atoms with E-state index < -0.39 is 10.0 Å². The highest BCUT2D eigenvalue weighted by Crippen LogP contribution is 2.41. The van der Waals surface area contributed by atoms with Crippen molar-refractivity contribution in [3.8, 4) is 0 Å². The standard InChI is InChI=1S/C19H21NO3S/c1-15-7-10-18(11-8-15)24(22,23)20-17(13-14-21)9-12-19(20)16-5-3-2-4-6-16/h2-8,10-11,14,17,19H,9,12-13H2,1H3/t17-,19+/m0/s1. The first-order chi connectivity index (χ1) is 11.5. The van der Waals surface area contributed by atoms with E-state index >= 15 is 0 Å². The quantitative estimate of drug-likeness (QED) is 0.781. The number of benzene rings is 2. The van der Waals surface area contributed by atoms with Crippen LogP contribution in [0.2, 0.25) is 0 Å². The number of nitrogens with zero attached hydrogens (tertiary/aromatic N) is 1. The number of rotatable bonds is 5. The van der Waals surface area contributed by atoms with Crippen molar-refractivity contribution in [3.63, 3.8) is 0 Å². The minimum atomic E-state index is -3.65. The van der Waals surface area contributed by atoms with Gasteiger partial charge in [-0.15, -0.1) is 0 Å². The van der Waals surface area contributed by atoms with E-state index in [-0.39, 0.29) is 23.4 Å². The third-order valence-electron chi connectivity index (χ3n) is 4.59. The minimum absolute atomic E-state index is 0.220. The first-order valence-corrected chi connectivity index (χ1v) is 9.57. The summed E-state index contributed by atoms with van der Waals surface area (Å²) in [5.74, 6) is 0. The second-order valence-electron chi connectivity index (χ2n) is 6.21. The molecule has 0 saturated carbocycles. The van der Waals surface area contributed by atoms with Crippen molar-refractivity contribution in [3.05, 3.63) is 65.7 Å². The summed E-state index contributed by atoms with van der Waals surface area (Å²) >= 11 is 0. The number of carbonyl (C=O) groups is 1. The first kappa shape index (κ1) is 16.9. The molecule has 0 bridgehead atoms. The monoisotopic (exact) mass is 343 g/mol. The van der Waals surface area contributed by atoms with Gasteiger partial charge in [-0.05, 0) is 37.5 Å². The van der Waals surface area contributed by atoms with Gasteiger partial charge in [-0.25, -0.2) is 8.42 Å². The van der Waals surface area contributed by atoms with E-state index in [1.165, 1.54) is 0 Å². The summed E-state index contributed by atoms with van der Waals surface area (Å²) in [5.41, 5.74) is 1.99. The van der Waals surface area contributed by atoms with E-state index in [9.17, 15) is 13.2 Å². The van der Waals surface area contributed by atoms with Crippen LogP contribution < -0.4 is 0 Å². The molecule has 1 saturated heterocycles. The highest BCUT2D eigenvalue weighted by atomic mass is 32.2. The van der Waals surface area contributed by atoms with Crippen LogP contribution in [0.3, 0.4) is 0 Å². The molecule has 0 radical (unpaired) electrons. The van der Waals surface area contributed by atoms with E-state index in [0.717, 1.165) is 23.8 Å². The summed E-state index contributed by atoms with van der Waals surface area (Å²) in [4.78, 5) is 11.3. The molecule has 2 atom stereocenters. The van der Waals surface area contributed by atoms with Crippen LogP contribution in [0, 0.1) is 6.92 Å². The van der Waals surface area contributed by atoms with E-state index in [1.807, 2.05) is 37.3 Å². The first-order valence-electron chi connectivity index (χ1n) is 8.13. The van der Waals surface area contributed by atoms with Gasteiger partial charge in [0.2, 0.25) is 10.0 Å². The SMILES string of the molecule is Cc1ccc(S(=O)(=O)N2[C@H](CC=O)CC[C@@H]2c2ccccc2)cc1. The van der Waals surface area contributed by atoms with Crippen LogP contribution >= 0.6 is 0 Å². The fourth-order valence-electron chi connectivity index (χ4n) is 3.38. The van der Waals surface area contributed by atoms with Gasteiger partial charge in [0, 0.05) is 12.5 Å². The van der Waals surface area contributed by atoms with E-state index in [1.54, 1.807) is 28.6 Å². The molecule has 0 unspecified atom stereocenters. The van der Waals surface area contributed by atoms with Gasteiger partial charge in [0.15, 0.2) is 0 Å². The Bertz CT molecular complexity index is 800. The molecule has 0 aliphatic carbocycles. The number of carbonyl (C=O) groups excluding carboxylic acids is 1. The number of aldehydes is 1. The summed E-state index contributed by atoms with van der Waals surface area (Å²) in [6, 6.07) is 16.0. The van der Waals surface area contributed by atoms with Gasteiger partial charge in [-0.3, -0.25) is 0 Å². The van der Waals surface area contributed by atoms with Crippen molar-refractivity contribution in [2.75, 3.05) is 0 Å². The molecule has 5 heteroatoms. The molecular weight excluding hydrogens is 322 g/mol. The molecule has 126 valence electrons. The van der Waals surface area contributed by atoms with Gasteiger partial charge in [0.05, 0.1) is 10.9 Å². The van der Waals surface area contributed by atoms with Gasteiger partial charge in [0.1, 0.15) is 6.29 Å². The Morgan fingerprint density at radius 1 is 1.04 bits per heavy atom. The molecule has 0 spiro atoms. The molecule has 1 aliphatic heterocycles. The Morgan fingerprint density at radius 2 is 1.71 bits per heavy atom. The second kappa shape index (κ2) is 6.87.